The number of carbonyl (C=O) groups is 2. The third-order valence-electron chi connectivity index (χ3n) is 5.25. The summed E-state index contributed by atoms with van der Waals surface area (Å²) in [6, 6.07) is 5.77. The van der Waals surface area contributed by atoms with Crippen LogP contribution < -0.4 is 4.74 Å². The standard InChI is InChI=1S/C21H31ClN2O3/c1-15(2)23(4)21(26)17-9-11-24(12-10-17)20(25)6-5-13-27-18-7-8-19(22)16(3)14-18/h7-8,14-15,17H,5-6,9-13H2,1-4H3. The van der Waals surface area contributed by atoms with E-state index in [4.69, 9.17) is 16.3 Å². The van der Waals surface area contributed by atoms with Gasteiger partial charge >= 0.3 is 0 Å². The minimum Gasteiger partial charge on any atom is -0.494 e. The lowest BCUT2D eigenvalue weighted by Gasteiger charge is -2.34. The number of carbonyl (C=O) groups excluding carboxylic acids is 2. The number of benzene rings is 1. The summed E-state index contributed by atoms with van der Waals surface area (Å²) in [5.41, 5.74) is 0.978. The van der Waals surface area contributed by atoms with Crippen LogP contribution in [0.5, 0.6) is 5.75 Å². The first kappa shape index (κ1) is 21.5. The lowest BCUT2D eigenvalue weighted by Crippen LogP contribution is -2.45. The number of likely N-dealkylation sites (tertiary alicyclic amines) is 1. The molecule has 5 nitrogen and oxygen atoms in total. The highest BCUT2D eigenvalue weighted by Crippen LogP contribution is 2.22. The predicted octanol–water partition coefficient (Wildman–Crippen LogP) is 3.91. The van der Waals surface area contributed by atoms with E-state index in [1.54, 1.807) is 4.90 Å². The van der Waals surface area contributed by atoms with E-state index < -0.39 is 0 Å². The number of amides is 2. The average Bonchev–Trinajstić information content (AvgIpc) is 2.66. The molecule has 0 spiro atoms. The molecule has 1 aromatic rings. The maximum Gasteiger partial charge on any atom is 0.225 e. The molecule has 2 amide bonds. The molecule has 2 rings (SSSR count). The summed E-state index contributed by atoms with van der Waals surface area (Å²) in [4.78, 5) is 28.5. The van der Waals surface area contributed by atoms with Crippen LogP contribution in [-0.2, 0) is 9.59 Å². The molecule has 1 aliphatic rings. The maximum absolute atomic E-state index is 12.4. The third kappa shape index (κ3) is 6.13. The van der Waals surface area contributed by atoms with Crippen LogP contribution in [-0.4, -0.2) is 54.4 Å². The fourth-order valence-corrected chi connectivity index (χ4v) is 3.31. The second kappa shape index (κ2) is 9.98. The van der Waals surface area contributed by atoms with Gasteiger partial charge in [0.1, 0.15) is 5.75 Å². The van der Waals surface area contributed by atoms with Crippen LogP contribution in [0.25, 0.3) is 0 Å². The van der Waals surface area contributed by atoms with Crippen molar-refractivity contribution in [3.05, 3.63) is 28.8 Å². The zero-order valence-electron chi connectivity index (χ0n) is 16.8. The topological polar surface area (TPSA) is 49.9 Å². The quantitative estimate of drug-likeness (QED) is 0.659. The average molecular weight is 395 g/mol. The fraction of sp³-hybridized carbons (Fsp3) is 0.619. The van der Waals surface area contributed by atoms with Crippen LogP contribution in [0.15, 0.2) is 18.2 Å². The zero-order valence-corrected chi connectivity index (χ0v) is 17.6. The van der Waals surface area contributed by atoms with Crippen LogP contribution in [0.4, 0.5) is 0 Å². The highest BCUT2D eigenvalue weighted by atomic mass is 35.5. The van der Waals surface area contributed by atoms with Crippen molar-refractivity contribution in [2.24, 2.45) is 5.92 Å². The molecule has 0 N–H and O–H groups in total. The second-order valence-corrected chi connectivity index (χ2v) is 7.97. The molecular formula is C21H31ClN2O3. The van der Waals surface area contributed by atoms with E-state index in [1.165, 1.54) is 0 Å². The molecule has 0 radical (unpaired) electrons. The fourth-order valence-electron chi connectivity index (χ4n) is 3.20. The zero-order chi connectivity index (χ0) is 20.0. The molecular weight excluding hydrogens is 364 g/mol. The van der Waals surface area contributed by atoms with E-state index in [0.29, 0.717) is 32.5 Å². The van der Waals surface area contributed by atoms with Gasteiger partial charge in [-0.05, 0) is 63.8 Å². The number of halogens is 1. The van der Waals surface area contributed by atoms with Gasteiger partial charge in [0, 0.05) is 43.5 Å². The Bertz CT molecular complexity index is 655. The van der Waals surface area contributed by atoms with Gasteiger partial charge in [-0.15, -0.1) is 0 Å². The molecule has 1 fully saturated rings. The van der Waals surface area contributed by atoms with E-state index >= 15 is 0 Å². The Balaban J connectivity index is 1.68. The van der Waals surface area contributed by atoms with Crippen LogP contribution in [0.2, 0.25) is 5.02 Å². The highest BCUT2D eigenvalue weighted by molar-refractivity contribution is 6.31. The van der Waals surface area contributed by atoms with Crippen molar-refractivity contribution in [3.63, 3.8) is 0 Å². The van der Waals surface area contributed by atoms with Crippen molar-refractivity contribution in [3.8, 4) is 5.75 Å². The molecule has 1 aromatic carbocycles. The summed E-state index contributed by atoms with van der Waals surface area (Å²) in [6.45, 7) is 7.80. The van der Waals surface area contributed by atoms with E-state index in [0.717, 1.165) is 29.2 Å². The molecule has 0 bridgehead atoms. The first-order valence-electron chi connectivity index (χ1n) is 9.73. The molecule has 1 aliphatic heterocycles. The van der Waals surface area contributed by atoms with Crippen LogP contribution in [0, 0.1) is 12.8 Å². The van der Waals surface area contributed by atoms with Gasteiger partial charge in [-0.25, -0.2) is 0 Å². The summed E-state index contributed by atoms with van der Waals surface area (Å²) in [7, 11) is 1.85. The van der Waals surface area contributed by atoms with Crippen molar-refractivity contribution in [1.29, 1.82) is 0 Å². The van der Waals surface area contributed by atoms with E-state index in [9.17, 15) is 9.59 Å². The van der Waals surface area contributed by atoms with Gasteiger partial charge in [-0.3, -0.25) is 9.59 Å². The summed E-state index contributed by atoms with van der Waals surface area (Å²) >= 11 is 6.00. The van der Waals surface area contributed by atoms with Crippen molar-refractivity contribution in [2.45, 2.75) is 52.5 Å². The van der Waals surface area contributed by atoms with Gasteiger partial charge in [0.2, 0.25) is 11.8 Å². The number of hydrogen-bond donors (Lipinski definition) is 0. The Kier molecular flexibility index (Phi) is 7.96. The molecule has 0 atom stereocenters. The third-order valence-corrected chi connectivity index (χ3v) is 5.68. The van der Waals surface area contributed by atoms with Gasteiger partial charge in [0.15, 0.2) is 0 Å². The number of aryl methyl sites for hydroxylation is 1. The highest BCUT2D eigenvalue weighted by Gasteiger charge is 2.29. The Morgan fingerprint density at radius 2 is 1.96 bits per heavy atom. The summed E-state index contributed by atoms with van der Waals surface area (Å²) in [5, 5.41) is 0.721. The molecule has 0 unspecified atom stereocenters. The summed E-state index contributed by atoms with van der Waals surface area (Å²) in [6.07, 6.45) is 2.65. The van der Waals surface area contributed by atoms with Crippen LogP contribution in [0.1, 0.15) is 45.1 Å². The molecule has 0 saturated carbocycles. The van der Waals surface area contributed by atoms with Crippen molar-refractivity contribution in [1.82, 2.24) is 9.80 Å². The van der Waals surface area contributed by atoms with Crippen LogP contribution >= 0.6 is 11.6 Å². The molecule has 1 heterocycles. The van der Waals surface area contributed by atoms with Crippen LogP contribution in [0.3, 0.4) is 0 Å². The van der Waals surface area contributed by atoms with Crippen molar-refractivity contribution < 1.29 is 14.3 Å². The monoisotopic (exact) mass is 394 g/mol. The number of ether oxygens (including phenoxy) is 1. The molecule has 27 heavy (non-hydrogen) atoms. The second-order valence-electron chi connectivity index (χ2n) is 7.56. The summed E-state index contributed by atoms with van der Waals surface area (Å²) in [5.74, 6) is 1.16. The molecule has 150 valence electrons. The largest absolute Gasteiger partial charge is 0.494 e. The number of nitrogens with zero attached hydrogens (tertiary/aromatic N) is 2. The SMILES string of the molecule is Cc1cc(OCCCC(=O)N2CCC(C(=O)N(C)C(C)C)CC2)ccc1Cl. The molecule has 1 saturated heterocycles. The van der Waals surface area contributed by atoms with Gasteiger partial charge < -0.3 is 14.5 Å². The summed E-state index contributed by atoms with van der Waals surface area (Å²) < 4.78 is 5.70. The lowest BCUT2D eigenvalue weighted by atomic mass is 9.94. The normalized spacial score (nSPS) is 15.1. The van der Waals surface area contributed by atoms with E-state index in [-0.39, 0.29) is 23.8 Å². The number of rotatable bonds is 7. The van der Waals surface area contributed by atoms with Crippen molar-refractivity contribution in [2.75, 3.05) is 26.7 Å². The van der Waals surface area contributed by atoms with Gasteiger partial charge in [-0.1, -0.05) is 11.6 Å². The first-order valence-corrected chi connectivity index (χ1v) is 10.1. The Morgan fingerprint density at radius 1 is 1.30 bits per heavy atom. The Morgan fingerprint density at radius 3 is 2.56 bits per heavy atom. The Labute approximate surface area is 167 Å². The van der Waals surface area contributed by atoms with Gasteiger partial charge in [0.25, 0.3) is 0 Å². The minimum atomic E-state index is 0.0397. The van der Waals surface area contributed by atoms with Gasteiger partial charge in [-0.2, -0.15) is 0 Å². The Hall–Kier alpha value is -1.75. The number of hydrogen-bond acceptors (Lipinski definition) is 3. The van der Waals surface area contributed by atoms with E-state index in [2.05, 4.69) is 0 Å². The molecule has 0 aromatic heterocycles. The predicted molar refractivity (Wildman–Crippen MR) is 108 cm³/mol. The van der Waals surface area contributed by atoms with Gasteiger partial charge in [0.05, 0.1) is 6.61 Å². The first-order chi connectivity index (χ1) is 12.8. The number of piperidine rings is 1. The smallest absolute Gasteiger partial charge is 0.225 e. The van der Waals surface area contributed by atoms with Crippen molar-refractivity contribution >= 4 is 23.4 Å². The minimum absolute atomic E-state index is 0.0397. The maximum atomic E-state index is 12.4. The molecule has 6 heteroatoms. The molecule has 0 aliphatic carbocycles. The van der Waals surface area contributed by atoms with E-state index in [1.807, 2.05) is 50.9 Å². The lowest BCUT2D eigenvalue weighted by molar-refractivity contribution is -0.141.